The molecule has 19 heavy (non-hydrogen) atoms. The lowest BCUT2D eigenvalue weighted by atomic mass is 9.94. The Morgan fingerprint density at radius 1 is 1.47 bits per heavy atom. The molecule has 6 nitrogen and oxygen atoms in total. The minimum absolute atomic E-state index is 0.113. The van der Waals surface area contributed by atoms with E-state index >= 15 is 0 Å². The van der Waals surface area contributed by atoms with Gasteiger partial charge in [0.25, 0.3) is 0 Å². The van der Waals surface area contributed by atoms with Crippen LogP contribution < -0.4 is 10.0 Å². The van der Waals surface area contributed by atoms with E-state index in [1.54, 1.807) is 10.9 Å². The fraction of sp³-hybridized carbons (Fsp3) is 0.750. The first-order valence-electron chi connectivity index (χ1n) is 6.87. The van der Waals surface area contributed by atoms with Gasteiger partial charge in [0.2, 0.25) is 10.0 Å². The van der Waals surface area contributed by atoms with Crippen molar-refractivity contribution in [2.45, 2.75) is 50.1 Å². The van der Waals surface area contributed by atoms with Gasteiger partial charge in [0.15, 0.2) is 0 Å². The molecule has 108 valence electrons. The van der Waals surface area contributed by atoms with Crippen molar-refractivity contribution in [1.29, 1.82) is 0 Å². The Kier molecular flexibility index (Phi) is 4.95. The number of nitrogens with zero attached hydrogens (tertiary/aromatic N) is 2. The minimum atomic E-state index is -3.38. The maximum Gasteiger partial charge on any atom is 0.243 e. The van der Waals surface area contributed by atoms with Crippen LogP contribution in [0.25, 0.3) is 0 Å². The van der Waals surface area contributed by atoms with Gasteiger partial charge in [-0.25, -0.2) is 13.1 Å². The molecule has 1 fully saturated rings. The molecule has 1 aliphatic carbocycles. The van der Waals surface area contributed by atoms with Crippen LogP contribution in [-0.2, 0) is 16.6 Å². The molecule has 1 aromatic rings. The van der Waals surface area contributed by atoms with E-state index in [2.05, 4.69) is 22.1 Å². The lowest BCUT2D eigenvalue weighted by molar-refractivity contribution is 0.383. The Morgan fingerprint density at radius 3 is 2.89 bits per heavy atom. The van der Waals surface area contributed by atoms with E-state index in [4.69, 9.17) is 0 Å². The number of nitrogens with one attached hydrogen (secondary N) is 2. The quantitative estimate of drug-likeness (QED) is 0.690. The van der Waals surface area contributed by atoms with Crippen molar-refractivity contribution in [2.75, 3.05) is 13.1 Å². The molecule has 1 heterocycles. The molecule has 2 N–H and O–H groups in total. The normalized spacial score (nSPS) is 16.5. The fourth-order valence-electron chi connectivity index (χ4n) is 1.96. The van der Waals surface area contributed by atoms with Gasteiger partial charge in [0.1, 0.15) is 4.90 Å². The van der Waals surface area contributed by atoms with E-state index in [-0.39, 0.29) is 10.9 Å². The Morgan fingerprint density at radius 2 is 2.26 bits per heavy atom. The van der Waals surface area contributed by atoms with E-state index in [1.807, 2.05) is 0 Å². The van der Waals surface area contributed by atoms with Crippen LogP contribution in [0.15, 0.2) is 17.3 Å². The largest absolute Gasteiger partial charge is 0.317 e. The van der Waals surface area contributed by atoms with Crippen molar-refractivity contribution >= 4 is 10.0 Å². The molecule has 0 unspecified atom stereocenters. The molecular formula is C12H22N4O2S. The molecule has 1 aliphatic rings. The maximum atomic E-state index is 12.0. The highest BCUT2D eigenvalue weighted by Crippen LogP contribution is 2.20. The van der Waals surface area contributed by atoms with Gasteiger partial charge in [-0.1, -0.05) is 13.3 Å². The monoisotopic (exact) mass is 286 g/mol. The molecule has 0 aliphatic heterocycles. The van der Waals surface area contributed by atoms with Crippen molar-refractivity contribution < 1.29 is 8.42 Å². The second kappa shape index (κ2) is 6.49. The van der Waals surface area contributed by atoms with Crippen LogP contribution in [-0.4, -0.2) is 37.3 Å². The molecule has 0 radical (unpaired) electrons. The van der Waals surface area contributed by atoms with Crippen molar-refractivity contribution in [2.24, 2.45) is 0 Å². The third-order valence-corrected chi connectivity index (χ3v) is 4.81. The number of sulfonamides is 1. The van der Waals surface area contributed by atoms with Crippen LogP contribution in [0, 0.1) is 0 Å². The maximum absolute atomic E-state index is 12.0. The van der Waals surface area contributed by atoms with Gasteiger partial charge in [-0.3, -0.25) is 4.68 Å². The number of aryl methyl sites for hydroxylation is 1. The van der Waals surface area contributed by atoms with E-state index in [1.165, 1.54) is 6.20 Å². The summed E-state index contributed by atoms with van der Waals surface area (Å²) in [4.78, 5) is 0.267. The number of aromatic nitrogens is 2. The van der Waals surface area contributed by atoms with E-state index in [9.17, 15) is 8.42 Å². The number of hydrogen-bond donors (Lipinski definition) is 2. The molecule has 0 atom stereocenters. The van der Waals surface area contributed by atoms with Crippen LogP contribution in [0.3, 0.4) is 0 Å². The van der Waals surface area contributed by atoms with Crippen LogP contribution in [0.2, 0.25) is 0 Å². The van der Waals surface area contributed by atoms with Gasteiger partial charge in [0, 0.05) is 18.8 Å². The fourth-order valence-corrected chi connectivity index (χ4v) is 3.22. The summed E-state index contributed by atoms with van der Waals surface area (Å²) in [6.07, 6.45) is 6.95. The molecule has 0 amide bonds. The molecule has 0 aromatic carbocycles. The minimum Gasteiger partial charge on any atom is -0.317 e. The molecule has 7 heteroatoms. The zero-order valence-corrected chi connectivity index (χ0v) is 12.1. The Labute approximate surface area is 114 Å². The summed E-state index contributed by atoms with van der Waals surface area (Å²) in [5.41, 5.74) is 0. The predicted molar refractivity (Wildman–Crippen MR) is 73.3 cm³/mol. The smallest absolute Gasteiger partial charge is 0.243 e. The summed E-state index contributed by atoms with van der Waals surface area (Å²) in [5, 5.41) is 7.33. The SMILES string of the molecule is CCNCCCn1cc(S(=O)(=O)NC2CCC2)cn1. The van der Waals surface area contributed by atoms with Crippen molar-refractivity contribution in [3.63, 3.8) is 0 Å². The van der Waals surface area contributed by atoms with Crippen LogP contribution in [0.5, 0.6) is 0 Å². The predicted octanol–water partition coefficient (Wildman–Crippen LogP) is 0.714. The zero-order valence-electron chi connectivity index (χ0n) is 11.3. The van der Waals surface area contributed by atoms with Gasteiger partial charge in [-0.2, -0.15) is 5.10 Å². The topological polar surface area (TPSA) is 76.0 Å². The zero-order chi connectivity index (χ0) is 13.7. The lowest BCUT2D eigenvalue weighted by Gasteiger charge is -2.25. The number of rotatable bonds is 8. The third kappa shape index (κ3) is 4.02. The molecule has 0 spiro atoms. The van der Waals surface area contributed by atoms with Gasteiger partial charge < -0.3 is 5.32 Å². The van der Waals surface area contributed by atoms with Crippen LogP contribution in [0.1, 0.15) is 32.6 Å². The highest BCUT2D eigenvalue weighted by Gasteiger charge is 2.25. The van der Waals surface area contributed by atoms with Crippen LogP contribution in [0.4, 0.5) is 0 Å². The Bertz CT molecular complexity index is 494. The van der Waals surface area contributed by atoms with Gasteiger partial charge in [0.05, 0.1) is 6.20 Å². The average molecular weight is 286 g/mol. The number of hydrogen-bond acceptors (Lipinski definition) is 4. The van der Waals surface area contributed by atoms with Gasteiger partial charge >= 0.3 is 0 Å². The summed E-state index contributed by atoms with van der Waals surface area (Å²) >= 11 is 0. The van der Waals surface area contributed by atoms with E-state index < -0.39 is 10.0 Å². The molecule has 2 rings (SSSR count). The summed E-state index contributed by atoms with van der Waals surface area (Å²) in [7, 11) is -3.38. The molecule has 0 bridgehead atoms. The lowest BCUT2D eigenvalue weighted by Crippen LogP contribution is -2.39. The summed E-state index contributed by atoms with van der Waals surface area (Å²) < 4.78 is 28.5. The highest BCUT2D eigenvalue weighted by molar-refractivity contribution is 7.89. The first-order valence-corrected chi connectivity index (χ1v) is 8.35. The Balaban J connectivity index is 1.88. The summed E-state index contributed by atoms with van der Waals surface area (Å²) in [5.74, 6) is 0. The summed E-state index contributed by atoms with van der Waals surface area (Å²) in [6.45, 7) is 4.65. The standard InChI is InChI=1S/C12H22N4O2S/c1-2-13-7-4-8-16-10-12(9-14-16)19(17,18)15-11-5-3-6-11/h9-11,13,15H,2-8H2,1H3. The van der Waals surface area contributed by atoms with Crippen molar-refractivity contribution in [3.8, 4) is 0 Å². The summed E-state index contributed by atoms with van der Waals surface area (Å²) in [6, 6.07) is 0.113. The highest BCUT2D eigenvalue weighted by atomic mass is 32.2. The Hall–Kier alpha value is -0.920. The van der Waals surface area contributed by atoms with Gasteiger partial charge in [-0.05, 0) is 32.4 Å². The average Bonchev–Trinajstić information content (AvgIpc) is 2.79. The second-order valence-electron chi connectivity index (χ2n) is 4.90. The molecule has 1 saturated carbocycles. The molecule has 0 saturated heterocycles. The first kappa shape index (κ1) is 14.5. The van der Waals surface area contributed by atoms with Crippen LogP contribution >= 0.6 is 0 Å². The first-order chi connectivity index (χ1) is 9.12. The van der Waals surface area contributed by atoms with E-state index in [0.717, 1.165) is 45.3 Å². The van der Waals surface area contributed by atoms with Crippen molar-refractivity contribution in [1.82, 2.24) is 19.8 Å². The molecule has 1 aromatic heterocycles. The van der Waals surface area contributed by atoms with Gasteiger partial charge in [-0.15, -0.1) is 0 Å². The molecular weight excluding hydrogens is 264 g/mol. The third-order valence-electron chi connectivity index (χ3n) is 3.34. The van der Waals surface area contributed by atoms with E-state index in [0.29, 0.717) is 0 Å². The second-order valence-corrected chi connectivity index (χ2v) is 6.61. The van der Waals surface area contributed by atoms with Crippen molar-refractivity contribution in [3.05, 3.63) is 12.4 Å².